The van der Waals surface area contributed by atoms with E-state index in [9.17, 15) is 5.11 Å². The lowest BCUT2D eigenvalue weighted by atomic mass is 9.85. The second-order valence-electron chi connectivity index (χ2n) is 5.56. The summed E-state index contributed by atoms with van der Waals surface area (Å²) in [5, 5.41) is 14.8. The summed E-state index contributed by atoms with van der Waals surface area (Å²) in [6.07, 6.45) is 8.68. The van der Waals surface area contributed by atoms with Gasteiger partial charge >= 0.3 is 0 Å². The first-order chi connectivity index (χ1) is 9.18. The Bertz CT molecular complexity index is 572. The van der Waals surface area contributed by atoms with Crippen LogP contribution in [0.5, 0.6) is 0 Å². The number of rotatable bonds is 3. The first-order valence-corrected chi connectivity index (χ1v) is 6.93. The molecule has 0 saturated heterocycles. The van der Waals surface area contributed by atoms with Gasteiger partial charge in [-0.2, -0.15) is 0 Å². The number of hydrogen-bond donors (Lipinski definition) is 3. The number of nitrogens with one attached hydrogen (secondary N) is 2. The predicted molar refractivity (Wildman–Crippen MR) is 75.2 cm³/mol. The zero-order valence-electron chi connectivity index (χ0n) is 11.2. The molecule has 19 heavy (non-hydrogen) atoms. The zero-order chi connectivity index (χ0) is 13.3. The summed E-state index contributed by atoms with van der Waals surface area (Å²) >= 11 is 0. The van der Waals surface area contributed by atoms with Gasteiger partial charge in [0.25, 0.3) is 0 Å². The van der Waals surface area contributed by atoms with Gasteiger partial charge in [-0.05, 0) is 25.3 Å². The van der Waals surface area contributed by atoms with Crippen LogP contribution in [0.3, 0.4) is 0 Å². The summed E-state index contributed by atoms with van der Waals surface area (Å²) in [4.78, 5) is 11.6. The predicted octanol–water partition coefficient (Wildman–Crippen LogP) is 2.37. The van der Waals surface area contributed by atoms with Crippen LogP contribution < -0.4 is 5.32 Å². The van der Waals surface area contributed by atoms with Gasteiger partial charge in [0, 0.05) is 12.7 Å². The molecule has 1 aliphatic carbocycles. The minimum atomic E-state index is -0.584. The molecule has 5 nitrogen and oxygen atoms in total. The highest BCUT2D eigenvalue weighted by Crippen LogP contribution is 2.29. The van der Waals surface area contributed by atoms with E-state index in [1.54, 1.807) is 6.33 Å². The average Bonchev–Trinajstić information content (AvgIpc) is 2.80. The van der Waals surface area contributed by atoms with Gasteiger partial charge in [0.05, 0.1) is 11.0 Å². The Labute approximate surface area is 112 Å². The number of aromatic amines is 1. The Morgan fingerprint density at radius 3 is 2.89 bits per heavy atom. The van der Waals surface area contributed by atoms with Gasteiger partial charge in [0.1, 0.15) is 17.8 Å². The number of H-pyrrole nitrogens is 1. The van der Waals surface area contributed by atoms with E-state index < -0.39 is 5.60 Å². The van der Waals surface area contributed by atoms with Crippen molar-refractivity contribution in [2.75, 3.05) is 11.9 Å². The van der Waals surface area contributed by atoms with Crippen molar-refractivity contribution in [1.82, 2.24) is 15.0 Å². The normalized spacial score (nSPS) is 18.6. The molecule has 3 N–H and O–H groups in total. The molecule has 102 valence electrons. The number of aliphatic hydroxyl groups is 1. The Balaban J connectivity index is 1.80. The van der Waals surface area contributed by atoms with Crippen LogP contribution in [-0.2, 0) is 0 Å². The maximum atomic E-state index is 10.5. The molecule has 0 amide bonds. The van der Waals surface area contributed by atoms with E-state index in [4.69, 9.17) is 0 Å². The van der Waals surface area contributed by atoms with Crippen molar-refractivity contribution in [3.05, 3.63) is 18.1 Å². The molecule has 3 rings (SSSR count). The van der Waals surface area contributed by atoms with Crippen LogP contribution in [0.4, 0.5) is 5.82 Å². The average molecular weight is 260 g/mol. The molecule has 0 unspecified atom stereocenters. The van der Waals surface area contributed by atoms with Crippen LogP contribution in [-0.4, -0.2) is 32.2 Å². The summed E-state index contributed by atoms with van der Waals surface area (Å²) < 4.78 is 0. The molecule has 2 aromatic heterocycles. The largest absolute Gasteiger partial charge is 0.388 e. The second-order valence-corrected chi connectivity index (χ2v) is 5.56. The highest BCUT2D eigenvalue weighted by Gasteiger charge is 2.29. The highest BCUT2D eigenvalue weighted by molar-refractivity contribution is 5.90. The first kappa shape index (κ1) is 12.4. The molecular formula is C14H20N4O. The third-order valence-corrected chi connectivity index (χ3v) is 4.04. The molecule has 1 fully saturated rings. The van der Waals surface area contributed by atoms with Crippen molar-refractivity contribution >= 4 is 16.9 Å². The van der Waals surface area contributed by atoms with E-state index in [0.717, 1.165) is 48.1 Å². The fraction of sp³-hybridized carbons (Fsp3) is 0.571. The van der Waals surface area contributed by atoms with Crippen LogP contribution in [0.2, 0.25) is 0 Å². The van der Waals surface area contributed by atoms with E-state index in [0.29, 0.717) is 6.54 Å². The number of fused-ring (bicyclic) bond motifs is 1. The summed E-state index contributed by atoms with van der Waals surface area (Å²) in [7, 11) is 0. The minimum Gasteiger partial charge on any atom is -0.388 e. The number of anilines is 1. The van der Waals surface area contributed by atoms with Crippen LogP contribution >= 0.6 is 0 Å². The highest BCUT2D eigenvalue weighted by atomic mass is 16.3. The summed E-state index contributed by atoms with van der Waals surface area (Å²) in [6, 6.07) is 0. The number of aryl methyl sites for hydroxylation is 1. The number of aromatic nitrogens is 3. The first-order valence-electron chi connectivity index (χ1n) is 6.93. The Hall–Kier alpha value is -1.62. The lowest BCUT2D eigenvalue weighted by molar-refractivity contribution is 0.0167. The molecule has 2 heterocycles. The fourth-order valence-corrected chi connectivity index (χ4v) is 2.89. The van der Waals surface area contributed by atoms with Gasteiger partial charge in [-0.15, -0.1) is 0 Å². The van der Waals surface area contributed by atoms with Crippen molar-refractivity contribution in [1.29, 1.82) is 0 Å². The van der Waals surface area contributed by atoms with Gasteiger partial charge in [-0.1, -0.05) is 19.3 Å². The molecule has 0 aromatic carbocycles. The Morgan fingerprint density at radius 1 is 1.32 bits per heavy atom. The molecule has 0 spiro atoms. The van der Waals surface area contributed by atoms with Crippen molar-refractivity contribution in [2.45, 2.75) is 44.6 Å². The zero-order valence-corrected chi connectivity index (χ0v) is 11.2. The molecule has 1 saturated carbocycles. The standard InChI is InChI=1S/C14H20N4O/c1-10-7-15-12-11(10)13(18-9-17-12)16-8-14(19)5-3-2-4-6-14/h7,9,19H,2-6,8H2,1H3,(H2,15,16,17,18). The monoisotopic (exact) mass is 260 g/mol. The van der Waals surface area contributed by atoms with Crippen molar-refractivity contribution in [3.8, 4) is 0 Å². The molecule has 0 radical (unpaired) electrons. The maximum absolute atomic E-state index is 10.5. The smallest absolute Gasteiger partial charge is 0.143 e. The van der Waals surface area contributed by atoms with Crippen LogP contribution in [0.25, 0.3) is 11.0 Å². The van der Waals surface area contributed by atoms with Gasteiger partial charge in [-0.3, -0.25) is 0 Å². The van der Waals surface area contributed by atoms with Crippen molar-refractivity contribution in [2.24, 2.45) is 0 Å². The third-order valence-electron chi connectivity index (χ3n) is 4.04. The minimum absolute atomic E-state index is 0.559. The summed E-state index contributed by atoms with van der Waals surface area (Å²) in [5.74, 6) is 0.808. The Kier molecular flexibility index (Phi) is 3.14. The van der Waals surface area contributed by atoms with Crippen molar-refractivity contribution < 1.29 is 5.11 Å². The molecular weight excluding hydrogens is 240 g/mol. The third kappa shape index (κ3) is 2.42. The molecule has 2 aromatic rings. The van der Waals surface area contributed by atoms with Gasteiger partial charge in [0.2, 0.25) is 0 Å². The van der Waals surface area contributed by atoms with E-state index >= 15 is 0 Å². The quantitative estimate of drug-likeness (QED) is 0.792. The summed E-state index contributed by atoms with van der Waals surface area (Å²) in [5.41, 5.74) is 1.37. The Morgan fingerprint density at radius 2 is 2.11 bits per heavy atom. The summed E-state index contributed by atoms with van der Waals surface area (Å²) in [6.45, 7) is 2.59. The molecule has 0 bridgehead atoms. The molecule has 5 heteroatoms. The maximum Gasteiger partial charge on any atom is 0.143 e. The second kappa shape index (κ2) is 4.81. The molecule has 0 aliphatic heterocycles. The number of hydrogen-bond acceptors (Lipinski definition) is 4. The lowest BCUT2D eigenvalue weighted by Gasteiger charge is -2.32. The van der Waals surface area contributed by atoms with Gasteiger partial charge in [-0.25, -0.2) is 9.97 Å². The number of nitrogens with zero attached hydrogens (tertiary/aromatic N) is 2. The van der Waals surface area contributed by atoms with Gasteiger partial charge in [0.15, 0.2) is 0 Å². The van der Waals surface area contributed by atoms with Crippen LogP contribution in [0.15, 0.2) is 12.5 Å². The van der Waals surface area contributed by atoms with E-state index in [1.807, 2.05) is 13.1 Å². The van der Waals surface area contributed by atoms with Gasteiger partial charge < -0.3 is 15.4 Å². The topological polar surface area (TPSA) is 73.8 Å². The van der Waals surface area contributed by atoms with Crippen LogP contribution in [0.1, 0.15) is 37.7 Å². The molecule has 0 atom stereocenters. The van der Waals surface area contributed by atoms with E-state index in [-0.39, 0.29) is 0 Å². The van der Waals surface area contributed by atoms with E-state index in [1.165, 1.54) is 6.42 Å². The van der Waals surface area contributed by atoms with E-state index in [2.05, 4.69) is 20.3 Å². The molecule has 1 aliphatic rings. The van der Waals surface area contributed by atoms with Crippen molar-refractivity contribution in [3.63, 3.8) is 0 Å². The SMILES string of the molecule is Cc1c[nH]c2ncnc(NCC3(O)CCCCC3)c12. The van der Waals surface area contributed by atoms with Crippen LogP contribution in [0, 0.1) is 6.92 Å². The fourth-order valence-electron chi connectivity index (χ4n) is 2.89. The lowest BCUT2D eigenvalue weighted by Crippen LogP contribution is -2.39.